The quantitative estimate of drug-likeness (QED) is 0.907. The lowest BCUT2D eigenvalue weighted by atomic mass is 9.79. The lowest BCUT2D eigenvalue weighted by Gasteiger charge is -2.26. The summed E-state index contributed by atoms with van der Waals surface area (Å²) in [6.45, 7) is 0. The van der Waals surface area contributed by atoms with Crippen molar-refractivity contribution in [1.29, 1.82) is 0 Å². The molecule has 0 saturated heterocycles. The molecular weight excluding hydrogens is 238 g/mol. The van der Waals surface area contributed by atoms with Crippen LogP contribution in [0.25, 0.3) is 11.1 Å². The van der Waals surface area contributed by atoms with Crippen LogP contribution in [0, 0.1) is 0 Å². The van der Waals surface area contributed by atoms with Crippen LogP contribution in [0.5, 0.6) is 0 Å². The van der Waals surface area contributed by atoms with E-state index >= 15 is 0 Å². The highest BCUT2D eigenvalue weighted by Gasteiger charge is 2.19. The monoisotopic (exact) mass is 253 g/mol. The number of carboxylic acid groups (broad SMARTS) is 1. The average Bonchev–Trinajstić information content (AvgIpc) is 2.37. The number of carbonyl (C=O) groups is 1. The van der Waals surface area contributed by atoms with E-state index in [1.54, 1.807) is 12.3 Å². The third-order valence-electron chi connectivity index (χ3n) is 3.78. The van der Waals surface area contributed by atoms with Crippen LogP contribution in [-0.4, -0.2) is 16.1 Å². The van der Waals surface area contributed by atoms with E-state index in [4.69, 9.17) is 5.11 Å². The molecule has 0 unspecified atom stereocenters. The molecule has 1 aliphatic rings. The van der Waals surface area contributed by atoms with Crippen molar-refractivity contribution in [3.8, 4) is 11.1 Å². The van der Waals surface area contributed by atoms with Crippen LogP contribution in [0.4, 0.5) is 0 Å². The summed E-state index contributed by atoms with van der Waals surface area (Å²) in [5, 5.41) is 9.01. The summed E-state index contributed by atoms with van der Waals surface area (Å²) in [4.78, 5) is 15.0. The topological polar surface area (TPSA) is 50.2 Å². The van der Waals surface area contributed by atoms with Gasteiger partial charge in [0.15, 0.2) is 0 Å². The average molecular weight is 253 g/mol. The fraction of sp³-hybridized carbons (Fsp3) is 0.250. The highest BCUT2D eigenvalue weighted by atomic mass is 16.4. The molecule has 3 rings (SSSR count). The maximum absolute atomic E-state index is 11.0. The summed E-state index contributed by atoms with van der Waals surface area (Å²) < 4.78 is 0. The van der Waals surface area contributed by atoms with Crippen LogP contribution >= 0.6 is 0 Å². The number of hydrogen-bond acceptors (Lipinski definition) is 2. The van der Waals surface area contributed by atoms with E-state index in [0.717, 1.165) is 11.1 Å². The SMILES string of the molecule is O=C(O)c1cncc(-c2cccc(C3CCC3)c2)c1. The fourth-order valence-electron chi connectivity index (χ4n) is 2.43. The second-order valence-electron chi connectivity index (χ2n) is 5.02. The standard InChI is InChI=1S/C16H15NO2/c18-16(19)15-8-14(9-17-10-15)13-6-2-5-12(7-13)11-3-1-4-11/h2,5-11H,1,3-4H2,(H,18,19). The highest BCUT2D eigenvalue weighted by Crippen LogP contribution is 2.37. The van der Waals surface area contributed by atoms with E-state index in [2.05, 4.69) is 17.1 Å². The van der Waals surface area contributed by atoms with Gasteiger partial charge < -0.3 is 5.11 Å². The molecule has 3 nitrogen and oxygen atoms in total. The van der Waals surface area contributed by atoms with Gasteiger partial charge in [-0.2, -0.15) is 0 Å². The van der Waals surface area contributed by atoms with Crippen molar-refractivity contribution in [2.24, 2.45) is 0 Å². The summed E-state index contributed by atoms with van der Waals surface area (Å²) >= 11 is 0. The summed E-state index contributed by atoms with van der Waals surface area (Å²) in [6, 6.07) is 10.0. The molecule has 1 fully saturated rings. The first-order chi connectivity index (χ1) is 9.24. The van der Waals surface area contributed by atoms with Gasteiger partial charge in [-0.05, 0) is 36.0 Å². The predicted octanol–water partition coefficient (Wildman–Crippen LogP) is 3.71. The first-order valence-electron chi connectivity index (χ1n) is 6.53. The summed E-state index contributed by atoms with van der Waals surface area (Å²) in [5.41, 5.74) is 3.48. The van der Waals surface area contributed by atoms with Gasteiger partial charge in [-0.1, -0.05) is 30.7 Å². The van der Waals surface area contributed by atoms with E-state index in [1.165, 1.54) is 31.0 Å². The van der Waals surface area contributed by atoms with Crippen LogP contribution in [-0.2, 0) is 0 Å². The van der Waals surface area contributed by atoms with Gasteiger partial charge in [0.1, 0.15) is 0 Å². The van der Waals surface area contributed by atoms with Crippen LogP contribution < -0.4 is 0 Å². The Labute approximate surface area is 111 Å². The molecule has 1 saturated carbocycles. The first-order valence-corrected chi connectivity index (χ1v) is 6.53. The number of aromatic carboxylic acids is 1. The second-order valence-corrected chi connectivity index (χ2v) is 5.02. The highest BCUT2D eigenvalue weighted by molar-refractivity contribution is 5.88. The Hall–Kier alpha value is -2.16. The van der Waals surface area contributed by atoms with Gasteiger partial charge in [0.25, 0.3) is 0 Å². The van der Waals surface area contributed by atoms with Gasteiger partial charge in [0, 0.05) is 18.0 Å². The molecule has 1 N–H and O–H groups in total. The second kappa shape index (κ2) is 4.84. The molecular formula is C16H15NO2. The van der Waals surface area contributed by atoms with E-state index < -0.39 is 5.97 Å². The normalized spacial score (nSPS) is 14.9. The molecule has 1 aliphatic carbocycles. The number of rotatable bonds is 3. The Morgan fingerprint density at radius 1 is 1.16 bits per heavy atom. The van der Waals surface area contributed by atoms with Gasteiger partial charge in [0.2, 0.25) is 0 Å². The third-order valence-corrected chi connectivity index (χ3v) is 3.78. The molecule has 1 aromatic carbocycles. The van der Waals surface area contributed by atoms with Crippen LogP contribution in [0.1, 0.15) is 41.1 Å². The molecule has 1 aromatic heterocycles. The maximum atomic E-state index is 11.0. The largest absolute Gasteiger partial charge is 0.478 e. The molecule has 3 heteroatoms. The van der Waals surface area contributed by atoms with Crippen molar-refractivity contribution in [1.82, 2.24) is 4.98 Å². The minimum Gasteiger partial charge on any atom is -0.478 e. The third kappa shape index (κ3) is 2.36. The zero-order valence-corrected chi connectivity index (χ0v) is 10.5. The Morgan fingerprint density at radius 2 is 2.00 bits per heavy atom. The molecule has 0 bridgehead atoms. The Kier molecular flexibility index (Phi) is 3.03. The minimum atomic E-state index is -0.940. The predicted molar refractivity (Wildman–Crippen MR) is 73.2 cm³/mol. The lowest BCUT2D eigenvalue weighted by molar-refractivity contribution is 0.0696. The number of pyridine rings is 1. The van der Waals surface area contributed by atoms with Crippen LogP contribution in [0.15, 0.2) is 42.7 Å². The Morgan fingerprint density at radius 3 is 2.68 bits per heavy atom. The minimum absolute atomic E-state index is 0.228. The smallest absolute Gasteiger partial charge is 0.337 e. The van der Waals surface area contributed by atoms with E-state index in [9.17, 15) is 4.79 Å². The van der Waals surface area contributed by atoms with Crippen LogP contribution in [0.2, 0.25) is 0 Å². The lowest BCUT2D eigenvalue weighted by Crippen LogP contribution is -2.08. The van der Waals surface area contributed by atoms with Gasteiger partial charge >= 0.3 is 5.97 Å². The van der Waals surface area contributed by atoms with E-state index in [-0.39, 0.29) is 5.56 Å². The molecule has 19 heavy (non-hydrogen) atoms. The van der Waals surface area contributed by atoms with Crippen LogP contribution in [0.3, 0.4) is 0 Å². The van der Waals surface area contributed by atoms with Gasteiger partial charge in [-0.25, -0.2) is 4.79 Å². The summed E-state index contributed by atoms with van der Waals surface area (Å²) in [6.07, 6.45) is 6.92. The fourth-order valence-corrected chi connectivity index (χ4v) is 2.43. The van der Waals surface area contributed by atoms with Crippen molar-refractivity contribution in [2.75, 3.05) is 0 Å². The number of carboxylic acids is 1. The zero-order valence-electron chi connectivity index (χ0n) is 10.5. The van der Waals surface area contributed by atoms with Crippen molar-refractivity contribution >= 4 is 5.97 Å². The van der Waals surface area contributed by atoms with E-state index in [0.29, 0.717) is 5.92 Å². The summed E-state index contributed by atoms with van der Waals surface area (Å²) in [5.74, 6) is -0.264. The van der Waals surface area contributed by atoms with Gasteiger partial charge in [-0.3, -0.25) is 4.98 Å². The molecule has 2 aromatic rings. The van der Waals surface area contributed by atoms with Crippen molar-refractivity contribution in [3.63, 3.8) is 0 Å². The zero-order chi connectivity index (χ0) is 13.2. The summed E-state index contributed by atoms with van der Waals surface area (Å²) in [7, 11) is 0. The molecule has 1 heterocycles. The molecule has 0 amide bonds. The molecule has 0 atom stereocenters. The van der Waals surface area contributed by atoms with Crippen molar-refractivity contribution in [2.45, 2.75) is 25.2 Å². The number of hydrogen-bond donors (Lipinski definition) is 1. The first kappa shape index (κ1) is 11.9. The van der Waals surface area contributed by atoms with E-state index in [1.807, 2.05) is 12.1 Å². The molecule has 0 aliphatic heterocycles. The number of nitrogens with zero attached hydrogens (tertiary/aromatic N) is 1. The maximum Gasteiger partial charge on any atom is 0.337 e. The number of aromatic nitrogens is 1. The van der Waals surface area contributed by atoms with Gasteiger partial charge in [-0.15, -0.1) is 0 Å². The molecule has 0 radical (unpaired) electrons. The van der Waals surface area contributed by atoms with Gasteiger partial charge in [0.05, 0.1) is 5.56 Å². The Balaban J connectivity index is 1.97. The molecule has 0 spiro atoms. The number of benzene rings is 1. The molecule has 96 valence electrons. The van der Waals surface area contributed by atoms with Crippen molar-refractivity contribution < 1.29 is 9.90 Å². The Bertz CT molecular complexity index is 618. The van der Waals surface area contributed by atoms with Crippen molar-refractivity contribution in [3.05, 3.63) is 53.9 Å².